The molecular weight excluding hydrogens is 434 g/mol. The Bertz CT molecular complexity index is 1420. The molecule has 2 heterocycles. The highest BCUT2D eigenvalue weighted by molar-refractivity contribution is 6.02. The molecule has 168 valence electrons. The predicted molar refractivity (Wildman–Crippen MR) is 115 cm³/mol. The lowest BCUT2D eigenvalue weighted by molar-refractivity contribution is -0.0502. The number of fused-ring (bicyclic) bond motifs is 1. The summed E-state index contributed by atoms with van der Waals surface area (Å²) in [6.45, 7) is -1.25. The smallest absolute Gasteiger partial charge is 0.387 e. The molecule has 0 bridgehead atoms. The summed E-state index contributed by atoms with van der Waals surface area (Å²) < 4.78 is 34.6. The van der Waals surface area contributed by atoms with Crippen molar-refractivity contribution in [2.24, 2.45) is 5.92 Å². The molecule has 5 rings (SSSR count). The van der Waals surface area contributed by atoms with E-state index < -0.39 is 6.61 Å². The van der Waals surface area contributed by atoms with Crippen LogP contribution in [-0.2, 0) is 0 Å². The first-order valence-electron chi connectivity index (χ1n) is 10.2. The average molecular weight is 452 g/mol. The summed E-state index contributed by atoms with van der Waals surface area (Å²) in [5.74, 6) is 0.201. The number of carbonyl (C=O) groups excluding carboxylic acids is 1. The first kappa shape index (κ1) is 20.8. The fourth-order valence-electron chi connectivity index (χ4n) is 3.80. The number of benzene rings is 2. The monoisotopic (exact) mass is 452 g/mol. The minimum atomic E-state index is -2.89. The van der Waals surface area contributed by atoms with E-state index in [0.29, 0.717) is 34.6 Å². The molecule has 2 aromatic heterocycles. The highest BCUT2D eigenvalue weighted by atomic mass is 19.3. The number of Topliss-reactive ketones (excluding diaryl/α,β-unsaturated/α-hetero) is 1. The lowest BCUT2D eigenvalue weighted by Crippen LogP contribution is -2.05. The first-order valence-corrected chi connectivity index (χ1v) is 10.2. The molecule has 2 unspecified atom stereocenters. The minimum Gasteiger partial charge on any atom is -0.435 e. The van der Waals surface area contributed by atoms with Gasteiger partial charge in [-0.1, -0.05) is 0 Å². The van der Waals surface area contributed by atoms with Gasteiger partial charge < -0.3 is 19.6 Å². The van der Waals surface area contributed by atoms with Crippen LogP contribution in [0.25, 0.3) is 10.9 Å². The van der Waals surface area contributed by atoms with Gasteiger partial charge in [0.15, 0.2) is 5.78 Å². The summed E-state index contributed by atoms with van der Waals surface area (Å²) in [5, 5.41) is 7.63. The number of aryl methyl sites for hydroxylation is 1. The standard InChI is InChI=1S/C23H18F2N4O4/c1-11-8-14(4-6-18(11)32-22(24)25)26-23-28-21(33-29-23)16-10-15(16)20(31)13-2-5-17-12(9-13)3-7-19(30)27-17/h2-9,15-16,22H,10H2,1H3,(H,26,29)(H,27,30). The predicted octanol–water partition coefficient (Wildman–Crippen LogP) is 4.55. The highest BCUT2D eigenvalue weighted by Crippen LogP contribution is 2.48. The van der Waals surface area contributed by atoms with E-state index in [4.69, 9.17) is 4.52 Å². The van der Waals surface area contributed by atoms with Crippen LogP contribution >= 0.6 is 0 Å². The zero-order chi connectivity index (χ0) is 23.1. The van der Waals surface area contributed by atoms with Gasteiger partial charge in [-0.05, 0) is 71.9 Å². The maximum Gasteiger partial charge on any atom is 0.387 e. The van der Waals surface area contributed by atoms with Gasteiger partial charge in [-0.25, -0.2) is 0 Å². The third-order valence-corrected chi connectivity index (χ3v) is 5.54. The molecule has 0 spiro atoms. The fourth-order valence-corrected chi connectivity index (χ4v) is 3.80. The summed E-state index contributed by atoms with van der Waals surface area (Å²) in [4.78, 5) is 31.4. The second-order valence-electron chi connectivity index (χ2n) is 7.88. The summed E-state index contributed by atoms with van der Waals surface area (Å²) in [6, 6.07) is 12.9. The maximum absolute atomic E-state index is 12.9. The van der Waals surface area contributed by atoms with Crippen LogP contribution in [0.15, 0.2) is 57.8 Å². The van der Waals surface area contributed by atoms with E-state index in [-0.39, 0.29) is 34.9 Å². The third-order valence-electron chi connectivity index (χ3n) is 5.54. The summed E-state index contributed by atoms with van der Waals surface area (Å²) in [6.07, 6.45) is 0.600. The molecule has 0 radical (unpaired) electrons. The van der Waals surface area contributed by atoms with Crippen LogP contribution in [0, 0.1) is 12.8 Å². The zero-order valence-corrected chi connectivity index (χ0v) is 17.3. The molecule has 8 nitrogen and oxygen atoms in total. The fraction of sp³-hybridized carbons (Fsp3) is 0.217. The second kappa shape index (κ2) is 8.12. The van der Waals surface area contributed by atoms with Gasteiger partial charge in [0.05, 0.1) is 0 Å². The van der Waals surface area contributed by atoms with Crippen LogP contribution in [0.2, 0.25) is 0 Å². The SMILES string of the molecule is Cc1cc(Nc2noc(C3CC3C(=O)c3ccc4[nH]c(=O)ccc4c3)n2)ccc1OC(F)F. The number of H-pyrrole nitrogens is 1. The van der Waals surface area contributed by atoms with Crippen molar-refractivity contribution in [1.29, 1.82) is 0 Å². The molecule has 0 amide bonds. The van der Waals surface area contributed by atoms with E-state index in [9.17, 15) is 18.4 Å². The third kappa shape index (κ3) is 4.32. The maximum atomic E-state index is 12.9. The van der Waals surface area contributed by atoms with E-state index in [2.05, 4.69) is 25.2 Å². The van der Waals surface area contributed by atoms with Crippen molar-refractivity contribution in [2.75, 3.05) is 5.32 Å². The topological polar surface area (TPSA) is 110 Å². The number of ether oxygens (including phenoxy) is 1. The Balaban J connectivity index is 1.26. The van der Waals surface area contributed by atoms with Crippen LogP contribution in [0.3, 0.4) is 0 Å². The van der Waals surface area contributed by atoms with E-state index in [0.717, 1.165) is 5.39 Å². The molecule has 1 fully saturated rings. The Morgan fingerprint density at radius 2 is 2.06 bits per heavy atom. The molecule has 1 aliphatic rings. The zero-order valence-electron chi connectivity index (χ0n) is 17.3. The number of nitrogens with one attached hydrogen (secondary N) is 2. The normalized spacial score (nSPS) is 17.3. The van der Waals surface area contributed by atoms with Gasteiger partial charge in [0.1, 0.15) is 5.75 Å². The lowest BCUT2D eigenvalue weighted by atomic mass is 10.0. The van der Waals surface area contributed by atoms with E-state index >= 15 is 0 Å². The van der Waals surface area contributed by atoms with E-state index in [1.54, 1.807) is 43.3 Å². The van der Waals surface area contributed by atoms with Crippen molar-refractivity contribution in [1.82, 2.24) is 15.1 Å². The quantitative estimate of drug-likeness (QED) is 0.396. The number of alkyl halides is 2. The number of rotatable bonds is 7. The molecule has 4 aromatic rings. The van der Waals surface area contributed by atoms with E-state index in [1.165, 1.54) is 12.1 Å². The second-order valence-corrected chi connectivity index (χ2v) is 7.88. The summed E-state index contributed by atoms with van der Waals surface area (Å²) >= 11 is 0. The summed E-state index contributed by atoms with van der Waals surface area (Å²) in [5.41, 5.74) is 2.14. The molecule has 1 aliphatic carbocycles. The van der Waals surface area contributed by atoms with Crippen LogP contribution in [0.4, 0.5) is 20.4 Å². The van der Waals surface area contributed by atoms with Crippen molar-refractivity contribution in [3.05, 3.63) is 75.9 Å². The Hall–Kier alpha value is -4.08. The van der Waals surface area contributed by atoms with Crippen molar-refractivity contribution in [3.63, 3.8) is 0 Å². The van der Waals surface area contributed by atoms with Crippen LogP contribution in [-0.4, -0.2) is 27.5 Å². The van der Waals surface area contributed by atoms with Gasteiger partial charge in [-0.3, -0.25) is 9.59 Å². The molecular formula is C23H18F2N4O4. The highest BCUT2D eigenvalue weighted by Gasteiger charge is 2.47. The largest absolute Gasteiger partial charge is 0.435 e. The van der Waals surface area contributed by atoms with Crippen molar-refractivity contribution >= 4 is 28.3 Å². The Kier molecular flexibility index (Phi) is 5.12. The molecule has 0 aliphatic heterocycles. The van der Waals surface area contributed by atoms with Gasteiger partial charge in [-0.2, -0.15) is 13.8 Å². The van der Waals surface area contributed by atoms with Crippen LogP contribution < -0.4 is 15.6 Å². The molecule has 2 N–H and O–H groups in total. The van der Waals surface area contributed by atoms with Crippen molar-refractivity contribution < 1.29 is 22.8 Å². The van der Waals surface area contributed by atoms with Crippen LogP contribution in [0.5, 0.6) is 5.75 Å². The van der Waals surface area contributed by atoms with Gasteiger partial charge in [-0.15, -0.1) is 0 Å². The number of anilines is 2. The number of hydrogen-bond donors (Lipinski definition) is 2. The Morgan fingerprint density at radius 1 is 1.21 bits per heavy atom. The van der Waals surface area contributed by atoms with Gasteiger partial charge >= 0.3 is 6.61 Å². The number of carbonyl (C=O) groups is 1. The molecule has 0 saturated heterocycles. The molecule has 1 saturated carbocycles. The van der Waals surface area contributed by atoms with Crippen molar-refractivity contribution in [3.8, 4) is 5.75 Å². The number of pyridine rings is 1. The number of aromatic nitrogens is 3. The van der Waals surface area contributed by atoms with Gasteiger partial charge in [0.25, 0.3) is 5.95 Å². The Labute approximate surface area is 185 Å². The first-order chi connectivity index (χ1) is 15.9. The Morgan fingerprint density at radius 3 is 2.85 bits per heavy atom. The molecule has 2 aromatic carbocycles. The average Bonchev–Trinajstić information content (AvgIpc) is 3.45. The number of halogens is 2. The summed E-state index contributed by atoms with van der Waals surface area (Å²) in [7, 11) is 0. The number of nitrogens with zero attached hydrogens (tertiary/aromatic N) is 2. The van der Waals surface area contributed by atoms with Gasteiger partial charge in [0, 0.05) is 34.7 Å². The molecule has 10 heteroatoms. The molecule has 2 atom stereocenters. The molecule has 33 heavy (non-hydrogen) atoms. The van der Waals surface area contributed by atoms with E-state index in [1.807, 2.05) is 0 Å². The van der Waals surface area contributed by atoms with Gasteiger partial charge in [0.2, 0.25) is 11.4 Å². The van der Waals surface area contributed by atoms with Crippen molar-refractivity contribution in [2.45, 2.75) is 25.9 Å². The number of aromatic amines is 1. The lowest BCUT2D eigenvalue weighted by Gasteiger charge is -2.09. The number of ketones is 1. The van der Waals surface area contributed by atoms with Crippen LogP contribution in [0.1, 0.15) is 34.2 Å². The number of hydrogen-bond acceptors (Lipinski definition) is 7. The minimum absolute atomic E-state index is 0.0222.